The number of hydrogen-bond donors (Lipinski definition) is 2. The third-order valence-electron chi connectivity index (χ3n) is 6.92. The Labute approximate surface area is 249 Å². The van der Waals surface area contributed by atoms with Crippen molar-refractivity contribution in [3.8, 4) is 11.6 Å². The number of halogens is 3. The molecule has 1 atom stereocenters. The fraction of sp³-hybridized carbons (Fsp3) is 0.286. The summed E-state index contributed by atoms with van der Waals surface area (Å²) in [5.41, 5.74) is 1.36. The Morgan fingerprint density at radius 1 is 1.16 bits per heavy atom. The number of nitrogens with zero attached hydrogens (tertiary/aromatic N) is 5. The zero-order chi connectivity index (χ0) is 30.8. The lowest BCUT2D eigenvalue weighted by Crippen LogP contribution is -2.30. The standard InChI is InChI=1S/C28H26ClF2N7O4S/c1-13(2)42-21-6-5-18-25(33-21)34-27-20(9-14-7-16(30)11-17(31)8-14)32-12-15-10-19(29)22-24(23(15)38(27)28(18)39)37(3)35-26(22)36-43(4,40)41/h5-8,10-11,13,20,32H,9,12H2,1-4H3,(H,35,36). The SMILES string of the molecule is CC(C)Oc1ccc2c(=O)n3c(nc2n1)C(Cc1cc(F)cc(F)c1)NCc1cc(Cl)c2c(NS(C)(=O)=O)nn(C)c2c1-3. The van der Waals surface area contributed by atoms with Crippen molar-refractivity contribution in [3.05, 3.63) is 80.4 Å². The number of aromatic nitrogens is 5. The smallest absolute Gasteiger partial charge is 0.267 e. The van der Waals surface area contributed by atoms with Crippen LogP contribution < -0.4 is 20.3 Å². The molecule has 15 heteroatoms. The number of hydrogen-bond acceptors (Lipinski definition) is 8. The van der Waals surface area contributed by atoms with Gasteiger partial charge >= 0.3 is 0 Å². The van der Waals surface area contributed by atoms with Crippen molar-refractivity contribution >= 4 is 49.4 Å². The molecule has 1 unspecified atom stereocenters. The van der Waals surface area contributed by atoms with Crippen molar-refractivity contribution in [1.29, 1.82) is 0 Å². The molecule has 43 heavy (non-hydrogen) atoms. The summed E-state index contributed by atoms with van der Waals surface area (Å²) in [6.07, 6.45) is 0.898. The molecular formula is C28H26ClF2N7O4S. The summed E-state index contributed by atoms with van der Waals surface area (Å²) in [4.78, 5) is 23.6. The van der Waals surface area contributed by atoms with E-state index in [0.717, 1.165) is 12.3 Å². The molecular weight excluding hydrogens is 604 g/mol. The van der Waals surface area contributed by atoms with Crippen LogP contribution in [0.3, 0.4) is 0 Å². The molecule has 0 bridgehead atoms. The Hall–Kier alpha value is -4.14. The van der Waals surface area contributed by atoms with Gasteiger partial charge in [-0.2, -0.15) is 10.1 Å². The maximum Gasteiger partial charge on any atom is 0.267 e. The molecule has 2 aromatic carbocycles. The van der Waals surface area contributed by atoms with Crippen LogP contribution in [0.15, 0.2) is 41.2 Å². The summed E-state index contributed by atoms with van der Waals surface area (Å²) >= 11 is 6.69. The molecule has 0 saturated heterocycles. The van der Waals surface area contributed by atoms with Crippen molar-refractivity contribution < 1.29 is 21.9 Å². The molecule has 224 valence electrons. The number of fused-ring (bicyclic) bond motifs is 6. The summed E-state index contributed by atoms with van der Waals surface area (Å²) in [7, 11) is -2.12. The minimum absolute atomic E-state index is 0.00252. The van der Waals surface area contributed by atoms with Crippen LogP contribution in [0.5, 0.6) is 5.88 Å². The molecule has 0 saturated carbocycles. The summed E-state index contributed by atoms with van der Waals surface area (Å²) < 4.78 is 63.5. The number of aryl methyl sites for hydroxylation is 1. The van der Waals surface area contributed by atoms with Gasteiger partial charge in [0.25, 0.3) is 5.56 Å². The van der Waals surface area contributed by atoms with Gasteiger partial charge in [-0.05, 0) is 55.7 Å². The second kappa shape index (κ2) is 10.5. The molecule has 6 rings (SSSR count). The van der Waals surface area contributed by atoms with E-state index < -0.39 is 33.3 Å². The van der Waals surface area contributed by atoms with E-state index in [0.29, 0.717) is 22.3 Å². The van der Waals surface area contributed by atoms with Gasteiger partial charge in [-0.1, -0.05) is 11.6 Å². The lowest BCUT2D eigenvalue weighted by atomic mass is 10.0. The van der Waals surface area contributed by atoms with Gasteiger partial charge in [0.1, 0.15) is 17.5 Å². The first-order valence-electron chi connectivity index (χ1n) is 13.2. The topological polar surface area (TPSA) is 133 Å². The summed E-state index contributed by atoms with van der Waals surface area (Å²) in [5.74, 6) is -0.971. The first-order chi connectivity index (χ1) is 20.3. The molecule has 1 aliphatic heterocycles. The number of nitrogens with one attached hydrogen (secondary N) is 2. The number of sulfonamides is 1. The van der Waals surface area contributed by atoms with Gasteiger partial charge in [0.2, 0.25) is 15.9 Å². The molecule has 0 aliphatic carbocycles. The van der Waals surface area contributed by atoms with Crippen LogP contribution in [0.25, 0.3) is 27.6 Å². The average Bonchev–Trinajstić information content (AvgIpc) is 3.12. The molecule has 4 heterocycles. The van der Waals surface area contributed by atoms with E-state index in [9.17, 15) is 22.0 Å². The molecule has 0 radical (unpaired) electrons. The number of rotatable bonds is 6. The highest BCUT2D eigenvalue weighted by atomic mass is 35.5. The number of benzene rings is 2. The second-order valence-electron chi connectivity index (χ2n) is 10.6. The molecule has 0 amide bonds. The monoisotopic (exact) mass is 629 g/mol. The van der Waals surface area contributed by atoms with Crippen molar-refractivity contribution in [2.24, 2.45) is 7.05 Å². The molecule has 3 aromatic heterocycles. The van der Waals surface area contributed by atoms with Gasteiger partial charge in [-0.15, -0.1) is 0 Å². The van der Waals surface area contributed by atoms with Crippen molar-refractivity contribution in [3.63, 3.8) is 0 Å². The Balaban J connectivity index is 1.66. The highest BCUT2D eigenvalue weighted by Crippen LogP contribution is 2.39. The van der Waals surface area contributed by atoms with Gasteiger partial charge < -0.3 is 10.1 Å². The quantitative estimate of drug-likeness (QED) is 0.286. The molecule has 1 aliphatic rings. The van der Waals surface area contributed by atoms with Crippen molar-refractivity contribution in [2.75, 3.05) is 11.0 Å². The zero-order valence-electron chi connectivity index (χ0n) is 23.4. The predicted molar refractivity (Wildman–Crippen MR) is 158 cm³/mol. The van der Waals surface area contributed by atoms with Crippen LogP contribution in [-0.2, 0) is 30.0 Å². The van der Waals surface area contributed by atoms with Gasteiger partial charge in [0, 0.05) is 25.7 Å². The molecule has 11 nitrogen and oxygen atoms in total. The third-order valence-corrected chi connectivity index (χ3v) is 7.79. The number of pyridine rings is 1. The van der Waals surface area contributed by atoms with E-state index in [1.54, 1.807) is 25.2 Å². The number of anilines is 1. The van der Waals surface area contributed by atoms with Crippen molar-refractivity contribution in [1.82, 2.24) is 29.6 Å². The minimum atomic E-state index is -3.72. The van der Waals surface area contributed by atoms with E-state index in [-0.39, 0.29) is 58.0 Å². The summed E-state index contributed by atoms with van der Waals surface area (Å²) in [6, 6.07) is 7.30. The predicted octanol–water partition coefficient (Wildman–Crippen LogP) is 4.14. The van der Waals surface area contributed by atoms with E-state index in [1.165, 1.54) is 21.4 Å². The van der Waals surface area contributed by atoms with Gasteiger partial charge in [-0.25, -0.2) is 22.2 Å². The zero-order valence-corrected chi connectivity index (χ0v) is 25.0. The fourth-order valence-corrected chi connectivity index (χ4v) is 6.18. The minimum Gasteiger partial charge on any atom is -0.475 e. The Kier molecular flexibility index (Phi) is 7.10. The summed E-state index contributed by atoms with van der Waals surface area (Å²) in [5, 5.41) is 8.40. The Morgan fingerprint density at radius 3 is 2.56 bits per heavy atom. The summed E-state index contributed by atoms with van der Waals surface area (Å²) in [6.45, 7) is 3.87. The highest BCUT2D eigenvalue weighted by molar-refractivity contribution is 7.92. The highest BCUT2D eigenvalue weighted by Gasteiger charge is 2.31. The van der Waals surface area contributed by atoms with Crippen LogP contribution in [0.2, 0.25) is 5.02 Å². The molecule has 5 aromatic rings. The molecule has 2 N–H and O–H groups in total. The van der Waals surface area contributed by atoms with Crippen LogP contribution in [-0.4, -0.2) is 45.1 Å². The number of ether oxygens (including phenoxy) is 1. The third kappa shape index (κ3) is 5.41. The first-order valence-corrected chi connectivity index (χ1v) is 15.5. The maximum atomic E-state index is 14.3. The first kappa shape index (κ1) is 29.0. The maximum absolute atomic E-state index is 14.3. The van der Waals surface area contributed by atoms with Gasteiger partial charge in [0.05, 0.1) is 45.4 Å². The lowest BCUT2D eigenvalue weighted by Gasteiger charge is -2.20. The van der Waals surface area contributed by atoms with E-state index >= 15 is 0 Å². The molecule has 0 spiro atoms. The normalized spacial score (nSPS) is 15.0. The van der Waals surface area contributed by atoms with Crippen LogP contribution in [0, 0.1) is 11.6 Å². The van der Waals surface area contributed by atoms with E-state index in [2.05, 4.69) is 20.1 Å². The largest absolute Gasteiger partial charge is 0.475 e. The van der Waals surface area contributed by atoms with Crippen LogP contribution >= 0.6 is 11.6 Å². The molecule has 0 fully saturated rings. The Morgan fingerprint density at radius 2 is 1.88 bits per heavy atom. The van der Waals surface area contributed by atoms with Crippen molar-refractivity contribution in [2.45, 2.75) is 39.0 Å². The van der Waals surface area contributed by atoms with E-state index in [1.807, 2.05) is 13.8 Å². The van der Waals surface area contributed by atoms with E-state index in [4.69, 9.17) is 21.3 Å². The average molecular weight is 630 g/mol. The fourth-order valence-electron chi connectivity index (χ4n) is 5.37. The van der Waals surface area contributed by atoms with Gasteiger partial charge in [-0.3, -0.25) is 18.8 Å². The van der Waals surface area contributed by atoms with Crippen LogP contribution in [0.1, 0.15) is 36.8 Å². The van der Waals surface area contributed by atoms with Crippen LogP contribution in [0.4, 0.5) is 14.6 Å². The Bertz CT molecular complexity index is 2090. The van der Waals surface area contributed by atoms with Gasteiger partial charge in [0.15, 0.2) is 11.5 Å². The second-order valence-corrected chi connectivity index (χ2v) is 12.8. The lowest BCUT2D eigenvalue weighted by molar-refractivity contribution is 0.233.